The van der Waals surface area contributed by atoms with Gasteiger partial charge in [0, 0.05) is 29.3 Å². The number of aromatic amines is 2. The molecule has 1 aromatic carbocycles. The first kappa shape index (κ1) is 21.8. The zero-order valence-corrected chi connectivity index (χ0v) is 18.0. The van der Waals surface area contributed by atoms with Crippen molar-refractivity contribution in [3.8, 4) is 0 Å². The predicted octanol–water partition coefficient (Wildman–Crippen LogP) is 1.34. The zero-order chi connectivity index (χ0) is 21.7. The normalized spacial score (nSPS) is 12.6. The topological polar surface area (TPSA) is 112 Å². The lowest BCUT2D eigenvalue weighted by atomic mass is 10.2. The van der Waals surface area contributed by atoms with Gasteiger partial charge in [0.25, 0.3) is 16.8 Å². The number of benzene rings is 1. The summed E-state index contributed by atoms with van der Waals surface area (Å²) in [6, 6.07) is 9.61. The van der Waals surface area contributed by atoms with Gasteiger partial charge < -0.3 is 14.9 Å². The molecule has 3 aromatic rings. The van der Waals surface area contributed by atoms with Crippen LogP contribution >= 0.6 is 23.1 Å². The lowest BCUT2D eigenvalue weighted by molar-refractivity contribution is -0.384. The van der Waals surface area contributed by atoms with Crippen molar-refractivity contribution in [2.24, 2.45) is 0 Å². The van der Waals surface area contributed by atoms with E-state index in [0.717, 1.165) is 21.4 Å². The molecule has 0 unspecified atom stereocenters. The van der Waals surface area contributed by atoms with E-state index in [4.69, 9.17) is 0 Å². The summed E-state index contributed by atoms with van der Waals surface area (Å²) in [5.41, 5.74) is -0.347. The van der Waals surface area contributed by atoms with Gasteiger partial charge in [-0.05, 0) is 56.1 Å². The molecule has 0 aliphatic rings. The number of thioether (sulfide) groups is 1. The van der Waals surface area contributed by atoms with Crippen LogP contribution in [0.2, 0.25) is 0 Å². The van der Waals surface area contributed by atoms with Crippen LogP contribution in [-0.4, -0.2) is 46.2 Å². The molecule has 0 saturated heterocycles. The van der Waals surface area contributed by atoms with Crippen LogP contribution in [0.15, 0.2) is 50.2 Å². The maximum absolute atomic E-state index is 12.4. The van der Waals surface area contributed by atoms with Gasteiger partial charge >= 0.3 is 0 Å². The minimum absolute atomic E-state index is 0.0466. The Morgan fingerprint density at radius 1 is 1.03 bits per heavy atom. The van der Waals surface area contributed by atoms with Crippen molar-refractivity contribution in [3.05, 3.63) is 88.4 Å². The number of nitrogens with one attached hydrogen (secondary N) is 2. The van der Waals surface area contributed by atoms with E-state index < -0.39 is 16.0 Å². The van der Waals surface area contributed by atoms with Crippen molar-refractivity contribution >= 4 is 40.9 Å². The maximum Gasteiger partial charge on any atom is 0.272 e. The molecule has 0 atom stereocenters. The van der Waals surface area contributed by atoms with Crippen LogP contribution in [0, 0.1) is 10.1 Å². The molecule has 0 aliphatic heterocycles. The third-order valence-electron chi connectivity index (χ3n) is 4.07. The van der Waals surface area contributed by atoms with E-state index in [-0.39, 0.29) is 16.4 Å². The van der Waals surface area contributed by atoms with E-state index in [2.05, 4.69) is 14.9 Å². The van der Waals surface area contributed by atoms with Gasteiger partial charge in [0.05, 0.1) is 9.13 Å². The van der Waals surface area contributed by atoms with Crippen LogP contribution < -0.4 is 21.8 Å². The fourth-order valence-electron chi connectivity index (χ4n) is 2.52. The number of thiophene rings is 1. The fourth-order valence-corrected chi connectivity index (χ4v) is 4.79. The number of non-ortho nitro benzene ring substituents is 1. The molecule has 0 bridgehead atoms. The van der Waals surface area contributed by atoms with Gasteiger partial charge in [0.2, 0.25) is 0 Å². The Morgan fingerprint density at radius 3 is 2.27 bits per heavy atom. The molecule has 2 aromatic heterocycles. The maximum atomic E-state index is 12.4. The van der Waals surface area contributed by atoms with Gasteiger partial charge in [-0.2, -0.15) is 0 Å². The molecule has 156 valence electrons. The molecular weight excluding hydrogens is 424 g/mol. The van der Waals surface area contributed by atoms with Gasteiger partial charge in [-0.3, -0.25) is 19.7 Å². The van der Waals surface area contributed by atoms with E-state index in [0.29, 0.717) is 5.56 Å². The highest BCUT2D eigenvalue weighted by Gasteiger charge is 2.04. The molecule has 30 heavy (non-hydrogen) atoms. The number of nitrogens with zero attached hydrogens (tertiary/aromatic N) is 2. The second-order valence-electron chi connectivity index (χ2n) is 6.68. The summed E-state index contributed by atoms with van der Waals surface area (Å²) in [6.45, 7) is 0.974. The Bertz CT molecular complexity index is 1270. The Hall–Kier alpha value is -2.95. The van der Waals surface area contributed by atoms with Gasteiger partial charge in [-0.25, -0.2) is 0 Å². The molecule has 8 nitrogen and oxygen atoms in total. The molecule has 0 amide bonds. The Morgan fingerprint density at radius 2 is 1.67 bits per heavy atom. The van der Waals surface area contributed by atoms with Crippen LogP contribution in [0.1, 0.15) is 10.4 Å². The third kappa shape index (κ3) is 5.78. The largest absolute Gasteiger partial charge is 0.316 e. The lowest BCUT2D eigenvalue weighted by Gasteiger charge is -2.07. The highest BCUT2D eigenvalue weighted by molar-refractivity contribution is 8.01. The number of rotatable bonds is 7. The Balaban J connectivity index is 1.86. The molecule has 2 N–H and O–H groups in total. The third-order valence-corrected chi connectivity index (χ3v) is 6.31. The van der Waals surface area contributed by atoms with Gasteiger partial charge in [0.15, 0.2) is 0 Å². The average molecular weight is 445 g/mol. The number of nitro benzene ring substituents is 1. The van der Waals surface area contributed by atoms with Crippen LogP contribution in [0.25, 0.3) is 12.2 Å². The Kier molecular flexibility index (Phi) is 7.03. The van der Waals surface area contributed by atoms with Gasteiger partial charge in [-0.15, -0.1) is 23.1 Å². The van der Waals surface area contributed by atoms with Gasteiger partial charge in [0.1, 0.15) is 10.7 Å². The minimum atomic E-state index is -0.500. The molecule has 0 saturated carbocycles. The van der Waals surface area contributed by atoms with E-state index >= 15 is 0 Å². The van der Waals surface area contributed by atoms with Crippen molar-refractivity contribution in [2.45, 2.75) is 4.21 Å². The molecule has 0 spiro atoms. The highest BCUT2D eigenvalue weighted by Crippen LogP contribution is 2.27. The summed E-state index contributed by atoms with van der Waals surface area (Å²) in [5.74, 6) is 0.970. The van der Waals surface area contributed by atoms with Crippen LogP contribution in [0.3, 0.4) is 0 Å². The summed E-state index contributed by atoms with van der Waals surface area (Å²) in [7, 11) is 4.05. The van der Waals surface area contributed by atoms with Crippen molar-refractivity contribution in [2.75, 3.05) is 26.4 Å². The van der Waals surface area contributed by atoms with Gasteiger partial charge in [-0.1, -0.05) is 0 Å². The fraction of sp³-hybridized carbons (Fsp3) is 0.200. The summed E-state index contributed by atoms with van der Waals surface area (Å²) in [5, 5.41) is 11.0. The SMILES string of the molecule is CN(C)CCSc1ccc(/C=c2\[nH]c(=O)/c(=C/c3ccc([N+](=O)[O-])cc3)[nH]c2=O)s1. The molecule has 10 heteroatoms. The second kappa shape index (κ2) is 9.70. The van der Waals surface area contributed by atoms with Crippen molar-refractivity contribution < 1.29 is 4.92 Å². The first-order valence-electron chi connectivity index (χ1n) is 9.00. The van der Waals surface area contributed by atoms with Crippen molar-refractivity contribution in [3.63, 3.8) is 0 Å². The van der Waals surface area contributed by atoms with E-state index in [1.807, 2.05) is 26.2 Å². The zero-order valence-electron chi connectivity index (χ0n) is 16.4. The highest BCUT2D eigenvalue weighted by atomic mass is 32.2. The second-order valence-corrected chi connectivity index (χ2v) is 9.19. The molecule has 2 heterocycles. The minimum Gasteiger partial charge on any atom is -0.316 e. The monoisotopic (exact) mass is 444 g/mol. The standard InChI is InChI=1S/C20H20N4O4S2/c1-23(2)9-10-29-18-8-7-15(30-18)12-17-20(26)21-16(19(25)22-17)11-13-3-5-14(6-4-13)24(27)28/h3-8,11-12H,9-10H2,1-2H3,(H,21,26)(H,22,25)/b16-11-,17-12-. The molecule has 0 aliphatic carbocycles. The first-order chi connectivity index (χ1) is 14.3. The number of aromatic nitrogens is 2. The van der Waals surface area contributed by atoms with E-state index in [1.165, 1.54) is 30.3 Å². The summed E-state index contributed by atoms with van der Waals surface area (Å²) >= 11 is 3.30. The molecular formula is C20H20N4O4S2. The summed E-state index contributed by atoms with van der Waals surface area (Å²) in [6.07, 6.45) is 3.12. The number of H-pyrrole nitrogens is 2. The van der Waals surface area contributed by atoms with Crippen molar-refractivity contribution in [1.82, 2.24) is 14.9 Å². The van der Waals surface area contributed by atoms with E-state index in [1.54, 1.807) is 29.2 Å². The van der Waals surface area contributed by atoms with Crippen LogP contribution in [-0.2, 0) is 0 Å². The number of nitro groups is 1. The van der Waals surface area contributed by atoms with E-state index in [9.17, 15) is 19.7 Å². The Labute approximate surface area is 179 Å². The predicted molar refractivity (Wildman–Crippen MR) is 121 cm³/mol. The number of hydrogen-bond acceptors (Lipinski definition) is 7. The van der Waals surface area contributed by atoms with Crippen LogP contribution in [0.5, 0.6) is 0 Å². The average Bonchev–Trinajstić information content (AvgIpc) is 3.13. The summed E-state index contributed by atoms with van der Waals surface area (Å²) in [4.78, 5) is 43.2. The first-order valence-corrected chi connectivity index (χ1v) is 10.8. The quantitative estimate of drug-likeness (QED) is 0.323. The molecule has 3 rings (SSSR count). The van der Waals surface area contributed by atoms with Crippen molar-refractivity contribution in [1.29, 1.82) is 0 Å². The number of hydrogen-bond donors (Lipinski definition) is 2. The molecule has 0 fully saturated rings. The summed E-state index contributed by atoms with van der Waals surface area (Å²) < 4.78 is 1.14. The lowest BCUT2D eigenvalue weighted by Crippen LogP contribution is -2.46. The molecule has 0 radical (unpaired) electrons. The van der Waals surface area contributed by atoms with Crippen LogP contribution in [0.4, 0.5) is 5.69 Å². The smallest absolute Gasteiger partial charge is 0.272 e.